The molecule has 2 rings (SSSR count). The fraction of sp³-hybridized carbons (Fsp3) is 0.538. The van der Waals surface area contributed by atoms with Gasteiger partial charge in [0.05, 0.1) is 5.38 Å². The van der Waals surface area contributed by atoms with E-state index in [0.717, 1.165) is 19.6 Å². The van der Waals surface area contributed by atoms with E-state index in [0.29, 0.717) is 5.56 Å². The summed E-state index contributed by atoms with van der Waals surface area (Å²) >= 11 is 6.26. The summed E-state index contributed by atoms with van der Waals surface area (Å²) < 4.78 is 13.5. The molecule has 4 heteroatoms. The van der Waals surface area contributed by atoms with Gasteiger partial charge >= 0.3 is 0 Å². The van der Waals surface area contributed by atoms with E-state index in [9.17, 15) is 4.39 Å². The van der Waals surface area contributed by atoms with Crippen LogP contribution in [-0.2, 0) is 0 Å². The lowest BCUT2D eigenvalue weighted by Crippen LogP contribution is -2.32. The Labute approximate surface area is 113 Å². The molecule has 1 aromatic carbocycles. The summed E-state index contributed by atoms with van der Waals surface area (Å²) in [6, 6.07) is 6.78. The molecule has 0 aromatic heterocycles. The first kappa shape index (κ1) is 14.7. The third-order valence-electron chi connectivity index (χ3n) is 3.11. The molecule has 1 aliphatic heterocycles. The van der Waals surface area contributed by atoms with Crippen LogP contribution in [0, 0.1) is 5.82 Å². The topological polar surface area (TPSA) is 3.24 Å². The van der Waals surface area contributed by atoms with Crippen LogP contribution in [0.5, 0.6) is 0 Å². The molecule has 1 aromatic rings. The first-order valence-electron chi connectivity index (χ1n) is 5.88. The highest BCUT2D eigenvalue weighted by molar-refractivity contribution is 6.21. The molecule has 1 unspecified atom stereocenters. The molecule has 1 saturated heterocycles. The molecular formula is C13H18Cl2FN. The lowest BCUT2D eigenvalue weighted by atomic mass is 10.1. The normalized spacial score (nSPS) is 18.5. The predicted molar refractivity (Wildman–Crippen MR) is 72.5 cm³/mol. The van der Waals surface area contributed by atoms with Crippen LogP contribution in [0.1, 0.15) is 30.2 Å². The molecule has 17 heavy (non-hydrogen) atoms. The predicted octanol–water partition coefficient (Wildman–Crippen LogP) is 4.01. The molecule has 1 heterocycles. The first-order chi connectivity index (χ1) is 7.77. The Morgan fingerprint density at radius 3 is 2.47 bits per heavy atom. The highest BCUT2D eigenvalue weighted by atomic mass is 35.5. The minimum atomic E-state index is -0.237. The molecule has 1 nitrogen and oxygen atoms in total. The first-order valence-corrected chi connectivity index (χ1v) is 6.32. The lowest BCUT2D eigenvalue weighted by molar-refractivity contribution is 0.228. The summed E-state index contributed by atoms with van der Waals surface area (Å²) in [7, 11) is 0. The third kappa shape index (κ3) is 4.13. The Morgan fingerprint density at radius 2 is 1.82 bits per heavy atom. The summed E-state index contributed by atoms with van der Waals surface area (Å²) in [5.41, 5.74) is 0.620. The molecule has 0 bridgehead atoms. The standard InChI is InChI=1S/C13H17ClFN.ClH/c14-12(10-16-8-4-1-5-9-16)11-6-2-3-7-13(11)15;/h2-3,6-7,12H,1,4-5,8-10H2;1H. The quantitative estimate of drug-likeness (QED) is 0.755. The number of rotatable bonds is 3. The molecule has 1 fully saturated rings. The van der Waals surface area contributed by atoms with E-state index in [-0.39, 0.29) is 23.6 Å². The highest BCUT2D eigenvalue weighted by Crippen LogP contribution is 2.25. The van der Waals surface area contributed by atoms with Crippen LogP contribution in [0.3, 0.4) is 0 Å². The minimum Gasteiger partial charge on any atom is -0.302 e. The number of halogens is 3. The number of hydrogen-bond acceptors (Lipinski definition) is 1. The van der Waals surface area contributed by atoms with Crippen molar-refractivity contribution in [3.05, 3.63) is 35.6 Å². The summed E-state index contributed by atoms with van der Waals surface area (Å²) in [5.74, 6) is -0.195. The van der Waals surface area contributed by atoms with E-state index in [2.05, 4.69) is 4.90 Å². The van der Waals surface area contributed by atoms with Gasteiger partial charge in [0.15, 0.2) is 0 Å². The van der Waals surface area contributed by atoms with Crippen molar-refractivity contribution in [3.63, 3.8) is 0 Å². The maximum atomic E-state index is 13.5. The maximum absolute atomic E-state index is 13.5. The van der Waals surface area contributed by atoms with E-state index in [1.54, 1.807) is 12.1 Å². The van der Waals surface area contributed by atoms with Crippen molar-refractivity contribution in [1.29, 1.82) is 0 Å². The van der Waals surface area contributed by atoms with Gasteiger partial charge in [-0.1, -0.05) is 24.6 Å². The van der Waals surface area contributed by atoms with Crippen molar-refractivity contribution in [2.45, 2.75) is 24.6 Å². The Kier molecular flexibility index (Phi) is 6.24. The Bertz CT molecular complexity index is 340. The Balaban J connectivity index is 0.00000144. The van der Waals surface area contributed by atoms with Crippen LogP contribution in [-0.4, -0.2) is 24.5 Å². The summed E-state index contributed by atoms with van der Waals surface area (Å²) in [5, 5.41) is -0.237. The molecule has 0 radical (unpaired) electrons. The van der Waals surface area contributed by atoms with Gasteiger partial charge in [-0.15, -0.1) is 24.0 Å². The SMILES string of the molecule is Cl.Fc1ccccc1C(Cl)CN1CCCCC1. The molecule has 0 amide bonds. The van der Waals surface area contributed by atoms with E-state index in [4.69, 9.17) is 11.6 Å². The lowest BCUT2D eigenvalue weighted by Gasteiger charge is -2.28. The van der Waals surface area contributed by atoms with Crippen LogP contribution in [0.4, 0.5) is 4.39 Å². The average molecular weight is 278 g/mol. The second kappa shape index (κ2) is 7.20. The van der Waals surface area contributed by atoms with Crippen LogP contribution >= 0.6 is 24.0 Å². The van der Waals surface area contributed by atoms with Gasteiger partial charge < -0.3 is 4.90 Å². The maximum Gasteiger partial charge on any atom is 0.127 e. The van der Waals surface area contributed by atoms with Gasteiger partial charge in [0.1, 0.15) is 5.82 Å². The van der Waals surface area contributed by atoms with E-state index in [1.165, 1.54) is 25.3 Å². The fourth-order valence-corrected chi connectivity index (χ4v) is 2.57. The van der Waals surface area contributed by atoms with Crippen molar-refractivity contribution in [1.82, 2.24) is 4.90 Å². The molecule has 1 aliphatic rings. The third-order valence-corrected chi connectivity index (χ3v) is 3.48. The van der Waals surface area contributed by atoms with Gasteiger partial charge in [0.25, 0.3) is 0 Å². The summed E-state index contributed by atoms with van der Waals surface area (Å²) in [6.45, 7) is 2.94. The zero-order valence-electron chi connectivity index (χ0n) is 9.74. The molecule has 0 saturated carbocycles. The van der Waals surface area contributed by atoms with Crippen molar-refractivity contribution in [2.24, 2.45) is 0 Å². The largest absolute Gasteiger partial charge is 0.302 e. The monoisotopic (exact) mass is 277 g/mol. The number of hydrogen-bond donors (Lipinski definition) is 0. The Hall–Kier alpha value is -0.310. The van der Waals surface area contributed by atoms with Gasteiger partial charge in [-0.25, -0.2) is 4.39 Å². The van der Waals surface area contributed by atoms with E-state index < -0.39 is 0 Å². The highest BCUT2D eigenvalue weighted by Gasteiger charge is 2.18. The molecule has 0 N–H and O–H groups in total. The molecule has 1 atom stereocenters. The van der Waals surface area contributed by atoms with Crippen LogP contribution in [0.25, 0.3) is 0 Å². The zero-order chi connectivity index (χ0) is 11.4. The smallest absolute Gasteiger partial charge is 0.127 e. The number of nitrogens with zero attached hydrogens (tertiary/aromatic N) is 1. The van der Waals surface area contributed by atoms with Crippen LogP contribution in [0.2, 0.25) is 0 Å². The zero-order valence-corrected chi connectivity index (χ0v) is 11.3. The molecule has 96 valence electrons. The van der Waals surface area contributed by atoms with Crippen molar-refractivity contribution in [3.8, 4) is 0 Å². The number of benzene rings is 1. The molecule has 0 spiro atoms. The van der Waals surface area contributed by atoms with Crippen LogP contribution in [0.15, 0.2) is 24.3 Å². The second-order valence-electron chi connectivity index (χ2n) is 4.35. The van der Waals surface area contributed by atoms with Gasteiger partial charge in [0.2, 0.25) is 0 Å². The van der Waals surface area contributed by atoms with Crippen molar-refractivity contribution >= 4 is 24.0 Å². The van der Waals surface area contributed by atoms with Crippen molar-refractivity contribution < 1.29 is 4.39 Å². The number of piperidine rings is 1. The van der Waals surface area contributed by atoms with Gasteiger partial charge in [0, 0.05) is 12.1 Å². The van der Waals surface area contributed by atoms with E-state index >= 15 is 0 Å². The van der Waals surface area contributed by atoms with E-state index in [1.807, 2.05) is 6.07 Å². The van der Waals surface area contributed by atoms with Gasteiger partial charge in [-0.2, -0.15) is 0 Å². The molecule has 0 aliphatic carbocycles. The fourth-order valence-electron chi connectivity index (χ4n) is 2.20. The van der Waals surface area contributed by atoms with Crippen molar-refractivity contribution in [2.75, 3.05) is 19.6 Å². The minimum absolute atomic E-state index is 0. The summed E-state index contributed by atoms with van der Waals surface area (Å²) in [6.07, 6.45) is 3.78. The summed E-state index contributed by atoms with van der Waals surface area (Å²) in [4.78, 5) is 2.33. The van der Waals surface area contributed by atoms with Gasteiger partial charge in [-0.3, -0.25) is 0 Å². The average Bonchev–Trinajstić information content (AvgIpc) is 2.31. The molecular weight excluding hydrogens is 260 g/mol. The second-order valence-corrected chi connectivity index (χ2v) is 4.88. The Morgan fingerprint density at radius 1 is 1.18 bits per heavy atom. The van der Waals surface area contributed by atoms with Crippen LogP contribution < -0.4 is 0 Å². The van der Waals surface area contributed by atoms with Gasteiger partial charge in [-0.05, 0) is 32.0 Å². The number of alkyl halides is 1. The number of likely N-dealkylation sites (tertiary alicyclic amines) is 1.